The first-order valence-corrected chi connectivity index (χ1v) is 6.70. The molecule has 0 fully saturated rings. The van der Waals surface area contributed by atoms with Crippen molar-refractivity contribution in [3.05, 3.63) is 54.1 Å². The molecule has 0 aliphatic heterocycles. The molecule has 6 nitrogen and oxygen atoms in total. The highest BCUT2D eigenvalue weighted by atomic mass is 19.4. The summed E-state index contributed by atoms with van der Waals surface area (Å²) in [5.74, 6) is -0.401. The van der Waals surface area contributed by atoms with Gasteiger partial charge in [-0.2, -0.15) is 5.26 Å². The Labute approximate surface area is 141 Å². The molecule has 130 valence electrons. The lowest BCUT2D eigenvalue weighted by atomic mass is 9.80. The second kappa shape index (κ2) is 9.10. The van der Waals surface area contributed by atoms with Crippen LogP contribution in [-0.4, -0.2) is 40.7 Å². The number of ether oxygens (including phenoxy) is 1. The van der Waals surface area contributed by atoms with E-state index in [1.807, 2.05) is 6.07 Å². The second-order valence-corrected chi connectivity index (χ2v) is 4.60. The van der Waals surface area contributed by atoms with Crippen LogP contribution >= 0.6 is 0 Å². The summed E-state index contributed by atoms with van der Waals surface area (Å²) in [4.78, 5) is 0. The lowest BCUT2D eigenvalue weighted by Gasteiger charge is -2.08. The van der Waals surface area contributed by atoms with E-state index in [1.54, 1.807) is 0 Å². The molecule has 4 N–H and O–H groups in total. The molecule has 0 heterocycles. The van der Waals surface area contributed by atoms with Gasteiger partial charge in [0.15, 0.2) is 0 Å². The SMILES string of the molecule is N#Cc1ccc(B(O)O)cc1.OB(O)c1ccc(OC(F)(F)F)cc1. The van der Waals surface area contributed by atoms with Crippen LogP contribution in [0.5, 0.6) is 5.75 Å². The van der Waals surface area contributed by atoms with Crippen LogP contribution in [0.3, 0.4) is 0 Å². The second-order valence-electron chi connectivity index (χ2n) is 4.60. The van der Waals surface area contributed by atoms with Gasteiger partial charge in [-0.05, 0) is 35.2 Å². The standard InChI is InChI=1S/C7H6BF3O3.C7H6BNO2/c9-7(10,11)14-6-3-1-5(2-4-6)8(12)13;9-5-6-1-3-7(4-2-6)8(10)11/h1-4,12-13H;1-4,10-11H. The average Bonchev–Trinajstić information content (AvgIpc) is 2.54. The van der Waals surface area contributed by atoms with Gasteiger partial charge in [0.2, 0.25) is 0 Å². The highest BCUT2D eigenvalue weighted by molar-refractivity contribution is 6.58. The van der Waals surface area contributed by atoms with E-state index in [4.69, 9.17) is 25.4 Å². The quantitative estimate of drug-likeness (QED) is 0.554. The summed E-state index contributed by atoms with van der Waals surface area (Å²) in [6.07, 6.45) is -4.74. The normalized spacial score (nSPS) is 10.2. The van der Waals surface area contributed by atoms with Crippen molar-refractivity contribution in [2.75, 3.05) is 0 Å². The van der Waals surface area contributed by atoms with Crippen molar-refractivity contribution in [1.82, 2.24) is 0 Å². The highest BCUT2D eigenvalue weighted by Gasteiger charge is 2.31. The number of rotatable bonds is 3. The highest BCUT2D eigenvalue weighted by Crippen LogP contribution is 2.21. The molecule has 2 rings (SSSR count). The third-order valence-corrected chi connectivity index (χ3v) is 2.75. The van der Waals surface area contributed by atoms with Gasteiger partial charge < -0.3 is 24.8 Å². The van der Waals surface area contributed by atoms with Crippen molar-refractivity contribution < 1.29 is 38.0 Å². The van der Waals surface area contributed by atoms with Crippen LogP contribution < -0.4 is 15.7 Å². The number of hydrogen-bond acceptors (Lipinski definition) is 6. The molecule has 0 radical (unpaired) electrons. The van der Waals surface area contributed by atoms with E-state index in [0.717, 1.165) is 24.3 Å². The Morgan fingerprint density at radius 1 is 0.800 bits per heavy atom. The summed E-state index contributed by atoms with van der Waals surface area (Å²) in [5, 5.41) is 43.0. The van der Waals surface area contributed by atoms with Crippen molar-refractivity contribution in [2.24, 2.45) is 0 Å². The van der Waals surface area contributed by atoms with Gasteiger partial charge >= 0.3 is 20.6 Å². The Morgan fingerprint density at radius 3 is 1.52 bits per heavy atom. The maximum absolute atomic E-state index is 11.7. The summed E-state index contributed by atoms with van der Waals surface area (Å²) in [7, 11) is -3.15. The lowest BCUT2D eigenvalue weighted by molar-refractivity contribution is -0.274. The number of halogens is 3. The number of benzene rings is 2. The van der Waals surface area contributed by atoms with Crippen LogP contribution in [0.1, 0.15) is 5.56 Å². The Balaban J connectivity index is 0.000000257. The first-order valence-electron chi connectivity index (χ1n) is 6.70. The lowest BCUT2D eigenvalue weighted by Crippen LogP contribution is -2.29. The van der Waals surface area contributed by atoms with E-state index in [-0.39, 0.29) is 5.46 Å². The van der Waals surface area contributed by atoms with Crippen LogP contribution in [-0.2, 0) is 0 Å². The maximum Gasteiger partial charge on any atom is 0.573 e. The molecule has 0 spiro atoms. The van der Waals surface area contributed by atoms with E-state index in [9.17, 15) is 13.2 Å². The predicted octanol–water partition coefficient (Wildman–Crippen LogP) is -0.497. The fourth-order valence-corrected chi connectivity index (χ4v) is 1.57. The predicted molar refractivity (Wildman–Crippen MR) is 83.9 cm³/mol. The minimum atomic E-state index is -4.74. The molecule has 0 aliphatic carbocycles. The van der Waals surface area contributed by atoms with Crippen LogP contribution in [0.2, 0.25) is 0 Å². The maximum atomic E-state index is 11.7. The van der Waals surface area contributed by atoms with Crippen LogP contribution in [0.15, 0.2) is 48.5 Å². The molecule has 0 saturated heterocycles. The Hall–Kier alpha value is -2.51. The van der Waals surface area contributed by atoms with Crippen molar-refractivity contribution >= 4 is 25.2 Å². The van der Waals surface area contributed by atoms with Crippen molar-refractivity contribution in [3.63, 3.8) is 0 Å². The molecular weight excluding hydrogens is 341 g/mol. The van der Waals surface area contributed by atoms with E-state index < -0.39 is 26.3 Å². The smallest absolute Gasteiger partial charge is 0.423 e. The molecule has 0 amide bonds. The monoisotopic (exact) mass is 353 g/mol. The van der Waals surface area contributed by atoms with Gasteiger partial charge in [-0.3, -0.25) is 0 Å². The fourth-order valence-electron chi connectivity index (χ4n) is 1.57. The number of nitrogens with zero attached hydrogens (tertiary/aromatic N) is 1. The Bertz CT molecular complexity index is 700. The summed E-state index contributed by atoms with van der Waals surface area (Å²) in [5.41, 5.74) is 0.998. The third-order valence-electron chi connectivity index (χ3n) is 2.75. The molecule has 2 aromatic rings. The molecule has 25 heavy (non-hydrogen) atoms. The van der Waals surface area contributed by atoms with Gasteiger partial charge in [-0.15, -0.1) is 13.2 Å². The zero-order valence-corrected chi connectivity index (χ0v) is 12.6. The number of alkyl halides is 3. The summed E-state index contributed by atoms with van der Waals surface area (Å²) in [6, 6.07) is 12.3. The third kappa shape index (κ3) is 7.73. The summed E-state index contributed by atoms with van der Waals surface area (Å²) >= 11 is 0. The largest absolute Gasteiger partial charge is 0.573 e. The molecular formula is C14H12B2F3NO5. The molecule has 0 saturated carbocycles. The van der Waals surface area contributed by atoms with Crippen LogP contribution in [0.25, 0.3) is 0 Å². The first-order chi connectivity index (χ1) is 11.6. The van der Waals surface area contributed by atoms with E-state index in [2.05, 4.69) is 4.74 Å². The van der Waals surface area contributed by atoms with Crippen LogP contribution in [0.4, 0.5) is 13.2 Å². The summed E-state index contributed by atoms with van der Waals surface area (Å²) in [6.45, 7) is 0. The minimum absolute atomic E-state index is 0.0968. The molecule has 0 atom stereocenters. The zero-order chi connectivity index (χ0) is 19.0. The van der Waals surface area contributed by atoms with Gasteiger partial charge in [0.05, 0.1) is 11.6 Å². The van der Waals surface area contributed by atoms with E-state index in [0.29, 0.717) is 11.0 Å². The molecule has 2 aromatic carbocycles. The Morgan fingerprint density at radius 2 is 1.20 bits per heavy atom. The van der Waals surface area contributed by atoms with Crippen molar-refractivity contribution in [1.29, 1.82) is 5.26 Å². The van der Waals surface area contributed by atoms with Gasteiger partial charge in [0.1, 0.15) is 5.75 Å². The average molecular weight is 353 g/mol. The molecule has 0 aliphatic rings. The van der Waals surface area contributed by atoms with Gasteiger partial charge in [-0.1, -0.05) is 24.3 Å². The topological polar surface area (TPSA) is 114 Å². The van der Waals surface area contributed by atoms with Crippen molar-refractivity contribution in [3.8, 4) is 11.8 Å². The molecule has 0 unspecified atom stereocenters. The number of hydrogen-bond donors (Lipinski definition) is 4. The van der Waals surface area contributed by atoms with Crippen molar-refractivity contribution in [2.45, 2.75) is 6.36 Å². The van der Waals surface area contributed by atoms with Gasteiger partial charge in [0.25, 0.3) is 0 Å². The van der Waals surface area contributed by atoms with Gasteiger partial charge in [-0.25, -0.2) is 0 Å². The van der Waals surface area contributed by atoms with Gasteiger partial charge in [0, 0.05) is 0 Å². The first kappa shape index (κ1) is 20.5. The van der Waals surface area contributed by atoms with E-state index in [1.165, 1.54) is 24.3 Å². The zero-order valence-electron chi connectivity index (χ0n) is 12.6. The molecule has 11 heteroatoms. The molecule has 0 aromatic heterocycles. The van der Waals surface area contributed by atoms with Crippen LogP contribution in [0, 0.1) is 11.3 Å². The summed E-state index contributed by atoms with van der Waals surface area (Å²) < 4.78 is 38.6. The fraction of sp³-hybridized carbons (Fsp3) is 0.0714. The molecule has 0 bridgehead atoms. The Kier molecular flexibility index (Phi) is 7.47. The van der Waals surface area contributed by atoms with E-state index >= 15 is 0 Å². The minimum Gasteiger partial charge on any atom is -0.423 e. The number of nitriles is 1.